The fraction of sp³-hybridized carbons (Fsp3) is 0.875. The Kier molecular flexibility index (Phi) is 49.8. The minimum atomic E-state index is -0.771. The van der Waals surface area contributed by atoms with Crippen molar-refractivity contribution in [2.24, 2.45) is 0 Å². The number of ether oxygens (including phenoxy) is 3. The number of unbranched alkanes of at least 4 members (excludes halogenated alkanes) is 35. The molecular formula is C56H104O6. The van der Waals surface area contributed by atoms with Gasteiger partial charge in [-0.3, -0.25) is 14.4 Å². The molecule has 0 bridgehead atoms. The number of allylic oxidation sites excluding steroid dienone is 4. The van der Waals surface area contributed by atoms with E-state index in [2.05, 4.69) is 45.1 Å². The maximum absolute atomic E-state index is 12.8. The molecule has 0 aromatic heterocycles. The van der Waals surface area contributed by atoms with Crippen LogP contribution >= 0.6 is 0 Å². The van der Waals surface area contributed by atoms with Crippen LogP contribution in [0.5, 0.6) is 0 Å². The molecule has 0 amide bonds. The van der Waals surface area contributed by atoms with Crippen LogP contribution in [0.2, 0.25) is 0 Å². The van der Waals surface area contributed by atoms with Gasteiger partial charge in [0.2, 0.25) is 0 Å². The quantitative estimate of drug-likeness (QED) is 0.0262. The number of rotatable bonds is 50. The molecule has 0 aliphatic heterocycles. The van der Waals surface area contributed by atoms with Crippen molar-refractivity contribution in [2.75, 3.05) is 13.2 Å². The molecule has 0 N–H and O–H groups in total. The summed E-state index contributed by atoms with van der Waals surface area (Å²) in [6.07, 6.45) is 58.8. The second kappa shape index (κ2) is 51.5. The van der Waals surface area contributed by atoms with E-state index < -0.39 is 6.10 Å². The van der Waals surface area contributed by atoms with Gasteiger partial charge in [0.25, 0.3) is 0 Å². The Bertz CT molecular complexity index is 1000. The summed E-state index contributed by atoms with van der Waals surface area (Å²) in [5.74, 6) is -0.867. The van der Waals surface area contributed by atoms with Crippen molar-refractivity contribution in [1.29, 1.82) is 0 Å². The molecule has 0 saturated heterocycles. The highest BCUT2D eigenvalue weighted by atomic mass is 16.6. The van der Waals surface area contributed by atoms with Crippen molar-refractivity contribution in [2.45, 2.75) is 303 Å². The maximum Gasteiger partial charge on any atom is 0.306 e. The lowest BCUT2D eigenvalue weighted by atomic mass is 10.0. The molecule has 1 atom stereocenters. The van der Waals surface area contributed by atoms with Gasteiger partial charge in [0, 0.05) is 19.3 Å². The summed E-state index contributed by atoms with van der Waals surface area (Å²) in [5, 5.41) is 0. The second-order valence-electron chi connectivity index (χ2n) is 18.5. The summed E-state index contributed by atoms with van der Waals surface area (Å²) < 4.78 is 16.8. The molecule has 0 fully saturated rings. The van der Waals surface area contributed by atoms with Crippen LogP contribution in [0.25, 0.3) is 0 Å². The van der Waals surface area contributed by atoms with Crippen LogP contribution < -0.4 is 0 Å². The van der Waals surface area contributed by atoms with Gasteiger partial charge in [0.1, 0.15) is 13.2 Å². The molecule has 364 valence electrons. The third-order valence-corrected chi connectivity index (χ3v) is 12.2. The van der Waals surface area contributed by atoms with E-state index in [1.807, 2.05) is 0 Å². The van der Waals surface area contributed by atoms with Gasteiger partial charge >= 0.3 is 17.9 Å². The highest BCUT2D eigenvalue weighted by Crippen LogP contribution is 2.17. The zero-order chi connectivity index (χ0) is 45.1. The largest absolute Gasteiger partial charge is 0.462 e. The van der Waals surface area contributed by atoms with Gasteiger partial charge < -0.3 is 14.2 Å². The molecule has 6 heteroatoms. The number of carbonyl (C=O) groups excluding carboxylic acids is 3. The van der Waals surface area contributed by atoms with Gasteiger partial charge in [0.05, 0.1) is 0 Å². The van der Waals surface area contributed by atoms with Crippen LogP contribution in [-0.4, -0.2) is 37.2 Å². The highest BCUT2D eigenvalue weighted by Gasteiger charge is 2.19. The number of hydrogen-bond donors (Lipinski definition) is 0. The van der Waals surface area contributed by atoms with Crippen LogP contribution in [0, 0.1) is 0 Å². The van der Waals surface area contributed by atoms with E-state index in [4.69, 9.17) is 14.2 Å². The first-order valence-corrected chi connectivity index (χ1v) is 27.3. The average Bonchev–Trinajstić information content (AvgIpc) is 3.27. The van der Waals surface area contributed by atoms with Crippen molar-refractivity contribution in [3.8, 4) is 0 Å². The molecule has 1 unspecified atom stereocenters. The zero-order valence-electron chi connectivity index (χ0n) is 41.7. The summed E-state index contributed by atoms with van der Waals surface area (Å²) >= 11 is 0. The smallest absolute Gasteiger partial charge is 0.306 e. The van der Waals surface area contributed by atoms with Gasteiger partial charge in [-0.2, -0.15) is 0 Å². The number of carbonyl (C=O) groups is 3. The standard InChI is InChI=1S/C56H104O6/c1-4-7-10-13-16-19-22-25-27-28-30-31-34-37-40-43-46-49-55(58)61-52-53(51-60-54(57)48-45-42-39-36-33-24-21-18-15-12-9-6-3)62-56(59)50-47-44-41-38-35-32-29-26-23-20-17-14-11-8-5-2/h9,12,18,21,53H,4-8,10-11,13-17,19-20,22-52H2,1-3H3/b12-9-,21-18-. The molecule has 0 aliphatic rings. The fourth-order valence-corrected chi connectivity index (χ4v) is 8.13. The molecule has 6 nitrogen and oxygen atoms in total. The molecule has 62 heavy (non-hydrogen) atoms. The Morgan fingerprint density at radius 2 is 0.629 bits per heavy atom. The van der Waals surface area contributed by atoms with Gasteiger partial charge in [0.15, 0.2) is 6.10 Å². The Hall–Kier alpha value is -2.11. The van der Waals surface area contributed by atoms with Crippen LogP contribution in [0.4, 0.5) is 0 Å². The topological polar surface area (TPSA) is 78.9 Å². The van der Waals surface area contributed by atoms with Crippen LogP contribution in [0.1, 0.15) is 297 Å². The van der Waals surface area contributed by atoms with E-state index in [0.29, 0.717) is 19.3 Å². The average molecular weight is 873 g/mol. The first kappa shape index (κ1) is 59.9. The minimum absolute atomic E-state index is 0.0704. The minimum Gasteiger partial charge on any atom is -0.462 e. The van der Waals surface area contributed by atoms with E-state index in [1.54, 1.807) is 0 Å². The third-order valence-electron chi connectivity index (χ3n) is 12.2. The monoisotopic (exact) mass is 873 g/mol. The highest BCUT2D eigenvalue weighted by molar-refractivity contribution is 5.71. The van der Waals surface area contributed by atoms with E-state index in [9.17, 15) is 14.4 Å². The van der Waals surface area contributed by atoms with Gasteiger partial charge in [-0.15, -0.1) is 0 Å². The Labute approximate surface area is 385 Å². The fourth-order valence-electron chi connectivity index (χ4n) is 8.13. The molecule has 0 aliphatic carbocycles. The normalized spacial score (nSPS) is 12.1. The number of esters is 3. The van der Waals surface area contributed by atoms with Crippen LogP contribution in [0.3, 0.4) is 0 Å². The summed E-state index contributed by atoms with van der Waals surface area (Å²) in [4.78, 5) is 38.0. The Morgan fingerprint density at radius 3 is 0.968 bits per heavy atom. The lowest BCUT2D eigenvalue weighted by Crippen LogP contribution is -2.30. The lowest BCUT2D eigenvalue weighted by molar-refractivity contribution is -0.167. The maximum atomic E-state index is 12.8. The van der Waals surface area contributed by atoms with Gasteiger partial charge in [-0.05, 0) is 44.9 Å². The number of hydrogen-bond acceptors (Lipinski definition) is 6. The molecule has 0 aromatic carbocycles. The zero-order valence-corrected chi connectivity index (χ0v) is 41.7. The SMILES string of the molecule is CC/C=C\C/C=C\CCCCCCCC(=O)OCC(COC(=O)CCCCCCCCCCCCCCCCCCC)OC(=O)CCCCCCCCCCCCCCCCC. The van der Waals surface area contributed by atoms with Gasteiger partial charge in [-0.25, -0.2) is 0 Å². The molecule has 0 rings (SSSR count). The molecule has 0 spiro atoms. The first-order chi connectivity index (χ1) is 30.5. The van der Waals surface area contributed by atoms with Crippen molar-refractivity contribution in [3.05, 3.63) is 24.3 Å². The van der Waals surface area contributed by atoms with E-state index >= 15 is 0 Å². The van der Waals surface area contributed by atoms with E-state index in [0.717, 1.165) is 83.5 Å². The van der Waals surface area contributed by atoms with Crippen molar-refractivity contribution in [1.82, 2.24) is 0 Å². The molecule has 0 heterocycles. The lowest BCUT2D eigenvalue weighted by Gasteiger charge is -2.18. The van der Waals surface area contributed by atoms with Crippen molar-refractivity contribution in [3.63, 3.8) is 0 Å². The first-order valence-electron chi connectivity index (χ1n) is 27.3. The summed E-state index contributed by atoms with van der Waals surface area (Å²) in [6.45, 7) is 6.56. The Morgan fingerprint density at radius 1 is 0.339 bits per heavy atom. The van der Waals surface area contributed by atoms with Gasteiger partial charge in [-0.1, -0.05) is 257 Å². The summed E-state index contributed by atoms with van der Waals surface area (Å²) in [7, 11) is 0. The van der Waals surface area contributed by atoms with Crippen molar-refractivity contribution >= 4 is 17.9 Å². The summed E-state index contributed by atoms with van der Waals surface area (Å²) in [5.41, 5.74) is 0. The molecular weight excluding hydrogens is 769 g/mol. The van der Waals surface area contributed by atoms with Crippen LogP contribution in [-0.2, 0) is 28.6 Å². The molecule has 0 saturated carbocycles. The van der Waals surface area contributed by atoms with Crippen LogP contribution in [0.15, 0.2) is 24.3 Å². The van der Waals surface area contributed by atoms with E-state index in [1.165, 1.54) is 173 Å². The molecule has 0 radical (unpaired) electrons. The Balaban J connectivity index is 4.31. The van der Waals surface area contributed by atoms with Crippen molar-refractivity contribution < 1.29 is 28.6 Å². The predicted octanol–water partition coefficient (Wildman–Crippen LogP) is 17.9. The predicted molar refractivity (Wildman–Crippen MR) is 266 cm³/mol. The molecule has 0 aromatic rings. The second-order valence-corrected chi connectivity index (χ2v) is 18.5. The third kappa shape index (κ3) is 48.9. The summed E-state index contributed by atoms with van der Waals surface area (Å²) in [6, 6.07) is 0. The van der Waals surface area contributed by atoms with E-state index in [-0.39, 0.29) is 31.1 Å².